The number of fused-ring (bicyclic) bond motifs is 3. The van der Waals surface area contributed by atoms with Crippen LogP contribution in [0.4, 0.5) is 11.4 Å². The van der Waals surface area contributed by atoms with Crippen molar-refractivity contribution in [1.29, 1.82) is 0 Å². The van der Waals surface area contributed by atoms with Crippen molar-refractivity contribution in [3.05, 3.63) is 80.8 Å². The maximum Gasteiger partial charge on any atom is 0.270 e. The van der Waals surface area contributed by atoms with E-state index in [1.165, 1.54) is 35.5 Å². The molecule has 160 valence electrons. The molecule has 3 heterocycles. The molecule has 2 aromatic carbocycles. The Labute approximate surface area is 190 Å². The maximum atomic E-state index is 13.5. The third-order valence-electron chi connectivity index (χ3n) is 5.99. The fourth-order valence-corrected chi connectivity index (χ4v) is 4.89. The zero-order chi connectivity index (χ0) is 22.6. The highest BCUT2D eigenvalue weighted by Crippen LogP contribution is 2.46. The van der Waals surface area contributed by atoms with Crippen molar-refractivity contribution in [2.24, 2.45) is 16.9 Å². The minimum atomic E-state index is -1.05. The predicted molar refractivity (Wildman–Crippen MR) is 118 cm³/mol. The Hall–Kier alpha value is -3.66. The van der Waals surface area contributed by atoms with Crippen LogP contribution >= 0.6 is 15.9 Å². The Kier molecular flexibility index (Phi) is 4.74. The summed E-state index contributed by atoms with van der Waals surface area (Å²) < 4.78 is 0.801. The second-order valence-electron chi connectivity index (χ2n) is 7.68. The third kappa shape index (κ3) is 2.98. The Bertz CT molecular complexity index is 1230. The SMILES string of the molecule is O=C(c1cccc([N+](=O)[O-])c1)[C@@H]1[C@@H]2C(=O)N(c3ccc(Br)cc3)C(=O)[C@@H]2[C@H]2C=CC=NN21. The topological polar surface area (TPSA) is 113 Å². The molecule has 0 N–H and O–H groups in total. The zero-order valence-corrected chi connectivity index (χ0v) is 18.0. The first-order valence-electron chi connectivity index (χ1n) is 9.79. The van der Waals surface area contributed by atoms with Gasteiger partial charge < -0.3 is 0 Å². The summed E-state index contributed by atoms with van der Waals surface area (Å²) in [5.74, 6) is -3.11. The molecule has 0 aliphatic carbocycles. The molecule has 0 radical (unpaired) electrons. The largest absolute Gasteiger partial charge is 0.292 e. The number of hydrogen-bond donors (Lipinski definition) is 0. The lowest BCUT2D eigenvalue weighted by molar-refractivity contribution is -0.384. The van der Waals surface area contributed by atoms with Gasteiger partial charge in [0, 0.05) is 28.4 Å². The van der Waals surface area contributed by atoms with Crippen LogP contribution in [0.25, 0.3) is 0 Å². The first-order chi connectivity index (χ1) is 15.4. The maximum absolute atomic E-state index is 13.5. The van der Waals surface area contributed by atoms with Gasteiger partial charge >= 0.3 is 0 Å². The molecule has 32 heavy (non-hydrogen) atoms. The zero-order valence-electron chi connectivity index (χ0n) is 16.4. The summed E-state index contributed by atoms with van der Waals surface area (Å²) in [5, 5.41) is 16.9. The fourth-order valence-electron chi connectivity index (χ4n) is 4.63. The normalized spacial score (nSPS) is 25.8. The number of amides is 2. The van der Waals surface area contributed by atoms with Crippen molar-refractivity contribution >= 4 is 51.1 Å². The quantitative estimate of drug-likeness (QED) is 0.279. The number of nitro benzene ring substituents is 1. The molecule has 0 saturated carbocycles. The standard InChI is InChI=1S/C22H15BrN4O5/c23-13-6-8-14(9-7-13)25-21(29)17-16-5-2-10-24-26(16)19(18(17)22(25)30)20(28)12-3-1-4-15(11-12)27(31)32/h1-11,16-19H/t16-,17-,18-,19+/m1/s1. The number of carbonyl (C=O) groups is 3. The van der Waals surface area contributed by atoms with Gasteiger partial charge in [-0.05, 0) is 30.3 Å². The average molecular weight is 495 g/mol. The number of nitro groups is 1. The number of hydrogen-bond acceptors (Lipinski definition) is 7. The van der Waals surface area contributed by atoms with Gasteiger partial charge in [-0.2, -0.15) is 5.10 Å². The molecule has 3 aliphatic rings. The van der Waals surface area contributed by atoms with Crippen LogP contribution in [0.3, 0.4) is 0 Å². The molecule has 9 nitrogen and oxygen atoms in total. The first kappa shape index (κ1) is 20.3. The van der Waals surface area contributed by atoms with Crippen LogP contribution in [-0.2, 0) is 9.59 Å². The van der Waals surface area contributed by atoms with Gasteiger partial charge in [-0.1, -0.05) is 34.1 Å². The van der Waals surface area contributed by atoms with E-state index >= 15 is 0 Å². The number of non-ortho nitro benzene ring substituents is 1. The van der Waals surface area contributed by atoms with Gasteiger partial charge in [0.2, 0.25) is 11.8 Å². The van der Waals surface area contributed by atoms with Gasteiger partial charge in [-0.25, -0.2) is 4.90 Å². The van der Waals surface area contributed by atoms with Crippen LogP contribution in [0.15, 0.2) is 70.3 Å². The van der Waals surface area contributed by atoms with Gasteiger partial charge in [0.1, 0.15) is 6.04 Å². The highest BCUT2D eigenvalue weighted by Gasteiger charge is 2.64. The van der Waals surface area contributed by atoms with Gasteiger partial charge in [0.15, 0.2) is 5.78 Å². The molecule has 4 atom stereocenters. The molecule has 10 heteroatoms. The Balaban J connectivity index is 1.57. The van der Waals surface area contributed by atoms with Crippen LogP contribution in [0, 0.1) is 22.0 Å². The van der Waals surface area contributed by atoms with Gasteiger partial charge in [0.25, 0.3) is 5.69 Å². The number of hydrazone groups is 1. The van der Waals surface area contributed by atoms with Crippen LogP contribution < -0.4 is 4.90 Å². The fraction of sp³-hybridized carbons (Fsp3) is 0.182. The number of rotatable bonds is 4. The minimum absolute atomic E-state index is 0.0932. The van der Waals surface area contributed by atoms with Crippen LogP contribution in [0.2, 0.25) is 0 Å². The highest BCUT2D eigenvalue weighted by atomic mass is 79.9. The van der Waals surface area contributed by atoms with Crippen LogP contribution in [-0.4, -0.2) is 45.8 Å². The van der Waals surface area contributed by atoms with Crippen molar-refractivity contribution < 1.29 is 19.3 Å². The molecule has 0 spiro atoms. The molecule has 0 aromatic heterocycles. The average Bonchev–Trinajstić information content (AvgIpc) is 3.27. The lowest BCUT2D eigenvalue weighted by Gasteiger charge is -2.30. The monoisotopic (exact) mass is 494 g/mol. The summed E-state index contributed by atoms with van der Waals surface area (Å²) in [6.45, 7) is 0. The first-order valence-corrected chi connectivity index (χ1v) is 10.6. The Morgan fingerprint density at radius 1 is 1.06 bits per heavy atom. The van der Waals surface area contributed by atoms with Gasteiger partial charge in [-0.3, -0.25) is 29.5 Å². The molecule has 0 bridgehead atoms. The van der Waals surface area contributed by atoms with E-state index in [0.717, 1.165) is 9.37 Å². The molecular formula is C22H15BrN4O5. The van der Waals surface area contributed by atoms with E-state index in [9.17, 15) is 24.5 Å². The van der Waals surface area contributed by atoms with Crippen molar-refractivity contribution in [1.82, 2.24) is 5.01 Å². The summed E-state index contributed by atoms with van der Waals surface area (Å²) in [7, 11) is 0. The van der Waals surface area contributed by atoms with Crippen molar-refractivity contribution in [2.75, 3.05) is 4.90 Å². The van der Waals surface area contributed by atoms with E-state index in [1.807, 2.05) is 0 Å². The number of nitrogens with zero attached hydrogens (tertiary/aromatic N) is 4. The highest BCUT2D eigenvalue weighted by molar-refractivity contribution is 9.10. The van der Waals surface area contributed by atoms with Crippen LogP contribution in [0.1, 0.15) is 10.4 Å². The van der Waals surface area contributed by atoms with E-state index in [1.54, 1.807) is 36.4 Å². The van der Waals surface area contributed by atoms with Crippen molar-refractivity contribution in [3.63, 3.8) is 0 Å². The molecule has 5 rings (SSSR count). The van der Waals surface area contributed by atoms with Crippen molar-refractivity contribution in [3.8, 4) is 0 Å². The number of anilines is 1. The van der Waals surface area contributed by atoms with Crippen LogP contribution in [0.5, 0.6) is 0 Å². The molecule has 2 saturated heterocycles. The summed E-state index contributed by atoms with van der Waals surface area (Å²) in [6, 6.07) is 10.5. The van der Waals surface area contributed by atoms with Gasteiger partial charge in [0.05, 0.1) is 28.5 Å². The number of Topliss-reactive ketones (excluding diaryl/α,β-unsaturated/α-hetero) is 1. The van der Waals surface area contributed by atoms with E-state index in [-0.39, 0.29) is 11.3 Å². The molecule has 3 aliphatic heterocycles. The summed E-state index contributed by atoms with van der Waals surface area (Å²) >= 11 is 3.34. The number of allylic oxidation sites excluding steroid dienone is 1. The molecule has 0 unspecified atom stereocenters. The number of carbonyl (C=O) groups excluding carboxylic acids is 3. The molecule has 2 aromatic rings. The predicted octanol–water partition coefficient (Wildman–Crippen LogP) is 2.95. The minimum Gasteiger partial charge on any atom is -0.292 e. The second kappa shape index (κ2) is 7.49. The molecule has 2 fully saturated rings. The number of ketones is 1. The van der Waals surface area contributed by atoms with E-state index in [0.29, 0.717) is 5.69 Å². The number of benzene rings is 2. The number of halogens is 1. The van der Waals surface area contributed by atoms with E-state index in [4.69, 9.17) is 0 Å². The van der Waals surface area contributed by atoms with Crippen molar-refractivity contribution in [2.45, 2.75) is 12.1 Å². The molecule has 2 amide bonds. The second-order valence-corrected chi connectivity index (χ2v) is 8.59. The summed E-state index contributed by atoms with van der Waals surface area (Å²) in [6.07, 6.45) is 4.92. The lowest BCUT2D eigenvalue weighted by Crippen LogP contribution is -2.46. The smallest absolute Gasteiger partial charge is 0.270 e. The number of imide groups is 1. The lowest BCUT2D eigenvalue weighted by atomic mass is 9.86. The van der Waals surface area contributed by atoms with Gasteiger partial charge in [-0.15, -0.1) is 0 Å². The summed E-state index contributed by atoms with van der Waals surface area (Å²) in [4.78, 5) is 52.1. The Morgan fingerprint density at radius 2 is 1.78 bits per heavy atom. The molecular weight excluding hydrogens is 480 g/mol. The third-order valence-corrected chi connectivity index (χ3v) is 6.51. The van der Waals surface area contributed by atoms with E-state index < -0.39 is 46.4 Å². The summed E-state index contributed by atoms with van der Waals surface area (Å²) in [5.41, 5.74) is 0.291. The Morgan fingerprint density at radius 3 is 2.50 bits per heavy atom. The van der Waals surface area contributed by atoms with E-state index in [2.05, 4.69) is 21.0 Å².